The van der Waals surface area contributed by atoms with Crippen LogP contribution in [-0.4, -0.2) is 11.5 Å². The van der Waals surface area contributed by atoms with Gasteiger partial charge >= 0.3 is 0 Å². The molecule has 2 rings (SSSR count). The molecule has 0 aliphatic carbocycles. The number of aromatic nitrogens is 1. The molecule has 0 fully saturated rings. The summed E-state index contributed by atoms with van der Waals surface area (Å²) in [5.41, 5.74) is 2.50. The van der Waals surface area contributed by atoms with E-state index in [2.05, 4.69) is 83.1 Å². The van der Waals surface area contributed by atoms with Crippen LogP contribution >= 0.6 is 22.6 Å². The maximum Gasteiger partial charge on any atom is 0.0450 e. The summed E-state index contributed by atoms with van der Waals surface area (Å²) in [5.74, 6) is 0.346. The lowest BCUT2D eigenvalue weighted by Crippen LogP contribution is -2.27. The highest BCUT2D eigenvalue weighted by atomic mass is 127. The number of nitrogens with one attached hydrogen (secondary N) is 1. The largest absolute Gasteiger partial charge is 0.309 e. The van der Waals surface area contributed by atoms with E-state index >= 15 is 0 Å². The lowest BCUT2D eigenvalue weighted by molar-refractivity contribution is 0.458. The summed E-state index contributed by atoms with van der Waals surface area (Å²) in [7, 11) is 0. The molecule has 2 atom stereocenters. The topological polar surface area (TPSA) is 24.9 Å². The summed E-state index contributed by atoms with van der Waals surface area (Å²) < 4.78 is 1.31. The van der Waals surface area contributed by atoms with E-state index in [0.29, 0.717) is 12.0 Å². The first-order chi connectivity index (χ1) is 9.74. The van der Waals surface area contributed by atoms with Crippen LogP contribution in [0.3, 0.4) is 0 Å². The molecule has 2 unspecified atom stereocenters. The molecule has 1 N–H and O–H groups in total. The molecule has 1 aromatic heterocycles. The number of pyridine rings is 1. The van der Waals surface area contributed by atoms with Crippen molar-refractivity contribution in [3.63, 3.8) is 0 Å². The molecule has 0 saturated carbocycles. The van der Waals surface area contributed by atoms with Crippen LogP contribution in [0.1, 0.15) is 43.5 Å². The van der Waals surface area contributed by atoms with Gasteiger partial charge in [-0.1, -0.05) is 38.1 Å². The molecule has 0 spiro atoms. The zero-order valence-electron chi connectivity index (χ0n) is 12.0. The lowest BCUT2D eigenvalue weighted by atomic mass is 9.91. The van der Waals surface area contributed by atoms with Gasteiger partial charge < -0.3 is 5.32 Å². The van der Waals surface area contributed by atoms with Gasteiger partial charge in [-0.2, -0.15) is 0 Å². The molecule has 3 heteroatoms. The first-order valence-electron chi connectivity index (χ1n) is 7.12. The van der Waals surface area contributed by atoms with Gasteiger partial charge in [0.1, 0.15) is 0 Å². The number of rotatable bonds is 6. The molecule has 1 heterocycles. The summed E-state index contributed by atoms with van der Waals surface area (Å²) in [4.78, 5) is 4.52. The maximum atomic E-state index is 4.52. The minimum Gasteiger partial charge on any atom is -0.309 e. The van der Waals surface area contributed by atoms with Gasteiger partial charge in [0, 0.05) is 27.4 Å². The Morgan fingerprint density at radius 3 is 2.55 bits per heavy atom. The summed E-state index contributed by atoms with van der Waals surface area (Å²) >= 11 is 2.42. The lowest BCUT2D eigenvalue weighted by Gasteiger charge is -2.26. The van der Waals surface area contributed by atoms with Gasteiger partial charge in [-0.25, -0.2) is 0 Å². The predicted molar refractivity (Wildman–Crippen MR) is 92.8 cm³/mol. The normalized spacial score (nSPS) is 13.9. The first kappa shape index (κ1) is 15.4. The van der Waals surface area contributed by atoms with E-state index < -0.39 is 0 Å². The maximum absolute atomic E-state index is 4.52. The van der Waals surface area contributed by atoms with E-state index in [-0.39, 0.29) is 0 Å². The zero-order chi connectivity index (χ0) is 14.4. The van der Waals surface area contributed by atoms with Crippen molar-refractivity contribution in [3.8, 4) is 0 Å². The van der Waals surface area contributed by atoms with E-state index in [4.69, 9.17) is 0 Å². The van der Waals surface area contributed by atoms with Gasteiger partial charge in [0.2, 0.25) is 0 Å². The second kappa shape index (κ2) is 7.74. The Balaban J connectivity index is 2.30. The van der Waals surface area contributed by atoms with E-state index in [0.717, 1.165) is 18.7 Å². The third kappa shape index (κ3) is 3.79. The number of hydrogen-bond acceptors (Lipinski definition) is 2. The Hall–Kier alpha value is -0.940. The van der Waals surface area contributed by atoms with Gasteiger partial charge in [0.25, 0.3) is 0 Å². The second-order valence-corrected chi connectivity index (χ2v) is 6.16. The zero-order valence-corrected chi connectivity index (χ0v) is 14.2. The molecule has 0 aliphatic rings. The average Bonchev–Trinajstić information content (AvgIpc) is 2.50. The Bertz CT molecular complexity index is 528. The highest BCUT2D eigenvalue weighted by Gasteiger charge is 2.22. The molecule has 0 bridgehead atoms. The summed E-state index contributed by atoms with van der Waals surface area (Å²) in [6.07, 6.45) is 3.01. The van der Waals surface area contributed by atoms with E-state index in [1.165, 1.54) is 9.13 Å². The Morgan fingerprint density at radius 2 is 1.90 bits per heavy atom. The van der Waals surface area contributed by atoms with E-state index in [1.54, 1.807) is 0 Å². The molecule has 2 aromatic rings. The number of benzene rings is 1. The fraction of sp³-hybridized carbons (Fsp3) is 0.353. The van der Waals surface area contributed by atoms with Crippen molar-refractivity contribution in [2.45, 2.75) is 32.2 Å². The van der Waals surface area contributed by atoms with Crippen LogP contribution in [0.15, 0.2) is 48.7 Å². The van der Waals surface area contributed by atoms with Gasteiger partial charge in [-0.3, -0.25) is 4.98 Å². The molecule has 20 heavy (non-hydrogen) atoms. The van der Waals surface area contributed by atoms with Crippen LogP contribution in [0.5, 0.6) is 0 Å². The van der Waals surface area contributed by atoms with Crippen molar-refractivity contribution < 1.29 is 0 Å². The van der Waals surface area contributed by atoms with Crippen LogP contribution in [0.25, 0.3) is 0 Å². The fourth-order valence-electron chi connectivity index (χ4n) is 2.40. The highest BCUT2D eigenvalue weighted by Crippen LogP contribution is 2.31. The van der Waals surface area contributed by atoms with Crippen LogP contribution in [0, 0.1) is 3.57 Å². The Kier molecular flexibility index (Phi) is 5.98. The van der Waals surface area contributed by atoms with Crippen molar-refractivity contribution in [3.05, 3.63) is 63.5 Å². The quantitative estimate of drug-likeness (QED) is 0.745. The molecular formula is C17H21IN2. The van der Waals surface area contributed by atoms with E-state index in [9.17, 15) is 0 Å². The summed E-state index contributed by atoms with van der Waals surface area (Å²) in [5, 5.41) is 3.68. The molecular weight excluding hydrogens is 359 g/mol. The smallest absolute Gasteiger partial charge is 0.0450 e. The predicted octanol–water partition coefficient (Wildman–Crippen LogP) is 4.53. The van der Waals surface area contributed by atoms with Crippen LogP contribution in [-0.2, 0) is 0 Å². The minimum atomic E-state index is 0.304. The molecule has 0 saturated heterocycles. The molecule has 2 nitrogen and oxygen atoms in total. The molecule has 0 radical (unpaired) electrons. The number of halogens is 1. The van der Waals surface area contributed by atoms with E-state index in [1.807, 2.05) is 12.3 Å². The minimum absolute atomic E-state index is 0.304. The summed E-state index contributed by atoms with van der Waals surface area (Å²) in [6, 6.07) is 15.0. The monoisotopic (exact) mass is 380 g/mol. The highest BCUT2D eigenvalue weighted by molar-refractivity contribution is 14.1. The van der Waals surface area contributed by atoms with Crippen LogP contribution in [0.2, 0.25) is 0 Å². The second-order valence-electron chi connectivity index (χ2n) is 5.00. The molecule has 0 aliphatic heterocycles. The van der Waals surface area contributed by atoms with Crippen molar-refractivity contribution in [2.24, 2.45) is 0 Å². The molecule has 0 amide bonds. The molecule has 1 aromatic carbocycles. The van der Waals surface area contributed by atoms with Crippen molar-refractivity contribution >= 4 is 22.6 Å². The fourth-order valence-corrected chi connectivity index (χ4v) is 3.12. The Morgan fingerprint density at radius 1 is 1.15 bits per heavy atom. The van der Waals surface area contributed by atoms with Crippen molar-refractivity contribution in [1.82, 2.24) is 10.3 Å². The van der Waals surface area contributed by atoms with Gasteiger partial charge in [0.05, 0.1) is 0 Å². The number of hydrogen-bond donors (Lipinski definition) is 1. The van der Waals surface area contributed by atoms with Gasteiger partial charge in [-0.05, 0) is 59.3 Å². The van der Waals surface area contributed by atoms with Crippen molar-refractivity contribution in [1.29, 1.82) is 0 Å². The third-order valence-electron chi connectivity index (χ3n) is 3.51. The first-order valence-corrected chi connectivity index (χ1v) is 8.20. The average molecular weight is 380 g/mol. The standard InChI is InChI=1S/C17H21IN2/c1-3-11-20-17(14-8-4-5-9-15(14)18)13(2)16-10-6-7-12-19-16/h4-10,12-13,17,20H,3,11H2,1-2H3. The summed E-state index contributed by atoms with van der Waals surface area (Å²) in [6.45, 7) is 5.47. The molecule has 106 valence electrons. The third-order valence-corrected chi connectivity index (χ3v) is 4.49. The van der Waals surface area contributed by atoms with Gasteiger partial charge in [-0.15, -0.1) is 0 Å². The van der Waals surface area contributed by atoms with Gasteiger partial charge in [0.15, 0.2) is 0 Å². The SMILES string of the molecule is CCCNC(c1ccccc1I)C(C)c1ccccn1. The van der Waals surface area contributed by atoms with Crippen LogP contribution in [0.4, 0.5) is 0 Å². The van der Waals surface area contributed by atoms with Crippen molar-refractivity contribution in [2.75, 3.05) is 6.54 Å². The van der Waals surface area contributed by atoms with Crippen LogP contribution < -0.4 is 5.32 Å². The number of nitrogens with zero attached hydrogens (tertiary/aromatic N) is 1. The Labute approximate surface area is 135 Å².